The van der Waals surface area contributed by atoms with Crippen LogP contribution >= 0.6 is 12.4 Å². The number of hydrogen-bond donors (Lipinski definition) is 2. The Hall–Kier alpha value is -0.820. The van der Waals surface area contributed by atoms with E-state index in [-0.39, 0.29) is 18.4 Å². The van der Waals surface area contributed by atoms with Crippen LogP contribution in [0.25, 0.3) is 0 Å². The number of nitrogens with one attached hydrogen (secondary N) is 2. The van der Waals surface area contributed by atoms with E-state index in [1.807, 2.05) is 0 Å². The molecule has 0 aromatic heterocycles. The van der Waals surface area contributed by atoms with Crippen LogP contribution in [0.2, 0.25) is 0 Å². The summed E-state index contributed by atoms with van der Waals surface area (Å²) in [6.45, 7) is 4.47. The number of hydrogen-bond acceptors (Lipinski definition) is 4. The molecule has 2 rings (SSSR count). The Bertz CT molecular complexity index is 543. The first kappa shape index (κ1) is 20.2. The van der Waals surface area contributed by atoms with E-state index >= 15 is 0 Å². The van der Waals surface area contributed by atoms with E-state index in [1.165, 1.54) is 0 Å². The average molecular weight is 363 g/mol. The van der Waals surface area contributed by atoms with Gasteiger partial charge in [0.15, 0.2) is 0 Å². The lowest BCUT2D eigenvalue weighted by molar-refractivity contribution is 0.306. The molecule has 0 spiro atoms. The van der Waals surface area contributed by atoms with E-state index in [0.717, 1.165) is 44.4 Å². The van der Waals surface area contributed by atoms with Gasteiger partial charge in [-0.05, 0) is 50.1 Å². The first-order chi connectivity index (χ1) is 10.6. The third-order valence-corrected chi connectivity index (χ3v) is 5.31. The maximum absolute atomic E-state index is 12.3. The lowest BCUT2D eigenvalue weighted by Gasteiger charge is -2.23. The quantitative estimate of drug-likeness (QED) is 0.698. The van der Waals surface area contributed by atoms with Crippen LogP contribution in [0.4, 0.5) is 0 Å². The number of unbranched alkanes of at least 4 members (excludes halogenated alkanes) is 2. The SMILES string of the molecule is CCCCCOc1ccc(S(=O)(=O)NC2CCCNC2)cc1.Cl. The molecule has 0 aliphatic carbocycles. The summed E-state index contributed by atoms with van der Waals surface area (Å²) in [6, 6.07) is 6.63. The second-order valence-electron chi connectivity index (χ2n) is 5.69. The first-order valence-corrected chi connectivity index (χ1v) is 9.56. The normalized spacial score (nSPS) is 18.2. The highest BCUT2D eigenvalue weighted by Gasteiger charge is 2.21. The van der Waals surface area contributed by atoms with Gasteiger partial charge in [-0.1, -0.05) is 19.8 Å². The second kappa shape index (κ2) is 10.1. The van der Waals surface area contributed by atoms with Crippen LogP contribution in [0, 0.1) is 0 Å². The fourth-order valence-electron chi connectivity index (χ4n) is 2.50. The number of benzene rings is 1. The van der Waals surface area contributed by atoms with Crippen molar-refractivity contribution in [3.8, 4) is 5.75 Å². The minimum Gasteiger partial charge on any atom is -0.494 e. The highest BCUT2D eigenvalue weighted by Crippen LogP contribution is 2.17. The van der Waals surface area contributed by atoms with Crippen molar-refractivity contribution >= 4 is 22.4 Å². The fourth-order valence-corrected chi connectivity index (χ4v) is 3.77. The predicted octanol–water partition coefficient (Wildman–Crippen LogP) is 2.71. The molecule has 7 heteroatoms. The summed E-state index contributed by atoms with van der Waals surface area (Å²) in [5, 5.41) is 3.20. The predicted molar refractivity (Wildman–Crippen MR) is 94.9 cm³/mol. The molecule has 0 amide bonds. The first-order valence-electron chi connectivity index (χ1n) is 8.08. The summed E-state index contributed by atoms with van der Waals surface area (Å²) >= 11 is 0. The molecule has 1 unspecified atom stereocenters. The van der Waals surface area contributed by atoms with Crippen molar-refractivity contribution in [3.63, 3.8) is 0 Å². The minimum absolute atomic E-state index is 0. The molecule has 0 radical (unpaired) electrons. The maximum atomic E-state index is 12.3. The fraction of sp³-hybridized carbons (Fsp3) is 0.625. The lowest BCUT2D eigenvalue weighted by atomic mass is 10.1. The average Bonchev–Trinajstić information content (AvgIpc) is 2.53. The molecule has 0 bridgehead atoms. The summed E-state index contributed by atoms with van der Waals surface area (Å²) in [5.74, 6) is 0.717. The summed E-state index contributed by atoms with van der Waals surface area (Å²) in [6.07, 6.45) is 5.20. The van der Waals surface area contributed by atoms with E-state index < -0.39 is 10.0 Å². The topological polar surface area (TPSA) is 67.4 Å². The lowest BCUT2D eigenvalue weighted by Crippen LogP contribution is -2.45. The molecule has 1 atom stereocenters. The third-order valence-electron chi connectivity index (χ3n) is 3.77. The Labute approximate surface area is 145 Å². The molecule has 1 fully saturated rings. The van der Waals surface area contributed by atoms with Crippen LogP contribution in [-0.2, 0) is 10.0 Å². The van der Waals surface area contributed by atoms with Crippen molar-refractivity contribution in [2.75, 3.05) is 19.7 Å². The molecule has 1 aliphatic rings. The van der Waals surface area contributed by atoms with E-state index in [2.05, 4.69) is 17.0 Å². The molecular formula is C16H27ClN2O3S. The molecule has 1 aliphatic heterocycles. The van der Waals surface area contributed by atoms with Crippen LogP contribution in [0.5, 0.6) is 5.75 Å². The molecular weight excluding hydrogens is 336 g/mol. The van der Waals surface area contributed by atoms with Crippen molar-refractivity contribution < 1.29 is 13.2 Å². The highest BCUT2D eigenvalue weighted by molar-refractivity contribution is 7.89. The molecule has 0 saturated carbocycles. The number of rotatable bonds is 8. The van der Waals surface area contributed by atoms with Gasteiger partial charge in [0.1, 0.15) is 5.75 Å². The van der Waals surface area contributed by atoms with Gasteiger partial charge in [-0.25, -0.2) is 13.1 Å². The zero-order valence-electron chi connectivity index (χ0n) is 13.6. The molecule has 23 heavy (non-hydrogen) atoms. The smallest absolute Gasteiger partial charge is 0.240 e. The Morgan fingerprint density at radius 1 is 1.26 bits per heavy atom. The van der Waals surface area contributed by atoms with E-state index in [4.69, 9.17) is 4.74 Å². The van der Waals surface area contributed by atoms with Gasteiger partial charge in [0.25, 0.3) is 0 Å². The van der Waals surface area contributed by atoms with Gasteiger partial charge in [-0.3, -0.25) is 0 Å². The molecule has 5 nitrogen and oxygen atoms in total. The Balaban J connectivity index is 0.00000264. The number of sulfonamides is 1. The van der Waals surface area contributed by atoms with Gasteiger partial charge in [0.2, 0.25) is 10.0 Å². The minimum atomic E-state index is -3.45. The summed E-state index contributed by atoms with van der Waals surface area (Å²) in [7, 11) is -3.45. The van der Waals surface area contributed by atoms with Crippen LogP contribution in [0.15, 0.2) is 29.2 Å². The summed E-state index contributed by atoms with van der Waals surface area (Å²) < 4.78 is 33.0. The summed E-state index contributed by atoms with van der Waals surface area (Å²) in [5.41, 5.74) is 0. The van der Waals surface area contributed by atoms with Crippen LogP contribution in [-0.4, -0.2) is 34.2 Å². The number of ether oxygens (including phenoxy) is 1. The third kappa shape index (κ3) is 6.67. The van der Waals surface area contributed by atoms with Crippen LogP contribution in [0.1, 0.15) is 39.0 Å². The molecule has 132 valence electrons. The largest absolute Gasteiger partial charge is 0.494 e. The zero-order valence-corrected chi connectivity index (χ0v) is 15.2. The molecule has 1 heterocycles. The number of halogens is 1. The van der Waals surface area contributed by atoms with E-state index in [0.29, 0.717) is 18.0 Å². The van der Waals surface area contributed by atoms with Crippen molar-refractivity contribution in [1.82, 2.24) is 10.0 Å². The van der Waals surface area contributed by atoms with Crippen molar-refractivity contribution in [2.45, 2.75) is 50.0 Å². The van der Waals surface area contributed by atoms with Gasteiger partial charge in [-0.15, -0.1) is 12.4 Å². The van der Waals surface area contributed by atoms with Gasteiger partial charge < -0.3 is 10.1 Å². The maximum Gasteiger partial charge on any atom is 0.240 e. The van der Waals surface area contributed by atoms with Gasteiger partial charge >= 0.3 is 0 Å². The summed E-state index contributed by atoms with van der Waals surface area (Å²) in [4.78, 5) is 0.291. The van der Waals surface area contributed by atoms with Gasteiger partial charge in [-0.2, -0.15) is 0 Å². The van der Waals surface area contributed by atoms with Crippen molar-refractivity contribution in [3.05, 3.63) is 24.3 Å². The zero-order chi connectivity index (χ0) is 15.8. The standard InChI is InChI=1S/C16H26N2O3S.ClH/c1-2-3-4-12-21-15-7-9-16(10-8-15)22(19,20)18-14-6-5-11-17-13-14;/h7-10,14,17-18H,2-6,11-13H2,1H3;1H. The molecule has 1 saturated heterocycles. The highest BCUT2D eigenvalue weighted by atomic mass is 35.5. The Morgan fingerprint density at radius 2 is 2.00 bits per heavy atom. The monoisotopic (exact) mass is 362 g/mol. The van der Waals surface area contributed by atoms with Gasteiger partial charge in [0.05, 0.1) is 11.5 Å². The van der Waals surface area contributed by atoms with Crippen LogP contribution in [0.3, 0.4) is 0 Å². The van der Waals surface area contributed by atoms with E-state index in [1.54, 1.807) is 24.3 Å². The molecule has 1 aromatic rings. The molecule has 1 aromatic carbocycles. The van der Waals surface area contributed by atoms with Crippen molar-refractivity contribution in [1.29, 1.82) is 0 Å². The molecule has 2 N–H and O–H groups in total. The van der Waals surface area contributed by atoms with Crippen molar-refractivity contribution in [2.24, 2.45) is 0 Å². The Kier molecular flexibility index (Phi) is 8.91. The Morgan fingerprint density at radius 3 is 2.61 bits per heavy atom. The van der Waals surface area contributed by atoms with E-state index in [9.17, 15) is 8.42 Å². The second-order valence-corrected chi connectivity index (χ2v) is 7.41. The van der Waals surface area contributed by atoms with Gasteiger partial charge in [0, 0.05) is 12.6 Å². The van der Waals surface area contributed by atoms with Crippen LogP contribution < -0.4 is 14.8 Å². The number of piperidine rings is 1.